The minimum Gasteiger partial charge on any atom is -0.476 e. The molecule has 0 aliphatic carbocycles. The van der Waals surface area contributed by atoms with Gasteiger partial charge >= 0.3 is 5.97 Å². The number of hydrogen-bond donors (Lipinski definition) is 2. The molecule has 0 saturated carbocycles. The smallest absolute Gasteiger partial charge is 0.357 e. The standard InChI is InChI=1S/C10H6ClIN2O2S/c11-5-1-2-7(6(12)3-5)14-9-8(10(15)16)13-4-17-9/h1-4,14H,(H,15,16). The molecule has 17 heavy (non-hydrogen) atoms. The summed E-state index contributed by atoms with van der Waals surface area (Å²) in [6, 6.07) is 5.34. The van der Waals surface area contributed by atoms with Crippen molar-refractivity contribution in [1.82, 2.24) is 4.98 Å². The number of anilines is 2. The largest absolute Gasteiger partial charge is 0.476 e. The van der Waals surface area contributed by atoms with Gasteiger partial charge in [0.2, 0.25) is 0 Å². The molecule has 0 atom stereocenters. The number of carboxylic acid groups (broad SMARTS) is 1. The van der Waals surface area contributed by atoms with Crippen LogP contribution in [0.3, 0.4) is 0 Å². The molecule has 2 aromatic rings. The van der Waals surface area contributed by atoms with Gasteiger partial charge in [-0.25, -0.2) is 9.78 Å². The van der Waals surface area contributed by atoms with Crippen LogP contribution in [-0.2, 0) is 0 Å². The summed E-state index contributed by atoms with van der Waals surface area (Å²) in [6.45, 7) is 0. The number of aromatic carboxylic acids is 1. The molecular weight excluding hydrogens is 375 g/mol. The van der Waals surface area contributed by atoms with Crippen LogP contribution in [0, 0.1) is 3.57 Å². The van der Waals surface area contributed by atoms with Crippen molar-refractivity contribution in [3.8, 4) is 0 Å². The van der Waals surface area contributed by atoms with Crippen molar-refractivity contribution >= 4 is 62.2 Å². The third kappa shape index (κ3) is 2.88. The molecule has 88 valence electrons. The maximum absolute atomic E-state index is 10.9. The molecule has 1 aromatic heterocycles. The predicted octanol–water partition coefficient (Wildman–Crippen LogP) is 3.84. The van der Waals surface area contributed by atoms with Crippen LogP contribution in [0.4, 0.5) is 10.7 Å². The number of benzene rings is 1. The van der Waals surface area contributed by atoms with Gasteiger partial charge in [0, 0.05) is 8.59 Å². The zero-order valence-electron chi connectivity index (χ0n) is 8.28. The molecule has 2 N–H and O–H groups in total. The van der Waals surface area contributed by atoms with Crippen molar-refractivity contribution in [1.29, 1.82) is 0 Å². The zero-order valence-corrected chi connectivity index (χ0v) is 12.0. The second-order valence-electron chi connectivity index (χ2n) is 3.08. The van der Waals surface area contributed by atoms with Crippen LogP contribution in [-0.4, -0.2) is 16.1 Å². The molecule has 0 aliphatic rings. The van der Waals surface area contributed by atoms with Gasteiger partial charge in [0.1, 0.15) is 5.00 Å². The van der Waals surface area contributed by atoms with E-state index in [0.29, 0.717) is 10.0 Å². The average molecular weight is 381 g/mol. The number of thiazole rings is 1. The van der Waals surface area contributed by atoms with E-state index < -0.39 is 5.97 Å². The molecule has 0 fully saturated rings. The molecule has 0 saturated heterocycles. The topological polar surface area (TPSA) is 62.2 Å². The van der Waals surface area contributed by atoms with Crippen molar-refractivity contribution in [3.63, 3.8) is 0 Å². The first-order valence-electron chi connectivity index (χ1n) is 4.47. The van der Waals surface area contributed by atoms with Gasteiger partial charge in [0.05, 0.1) is 11.2 Å². The van der Waals surface area contributed by atoms with Gasteiger partial charge in [0.25, 0.3) is 0 Å². The first kappa shape index (κ1) is 12.6. The summed E-state index contributed by atoms with van der Waals surface area (Å²) in [5.74, 6) is -1.04. The Balaban J connectivity index is 2.31. The second kappa shape index (κ2) is 5.19. The van der Waals surface area contributed by atoms with Crippen LogP contribution in [0.1, 0.15) is 10.5 Å². The lowest BCUT2D eigenvalue weighted by Crippen LogP contribution is -2.01. The highest BCUT2D eigenvalue weighted by Gasteiger charge is 2.14. The van der Waals surface area contributed by atoms with Crippen molar-refractivity contribution in [3.05, 3.63) is 38.0 Å². The summed E-state index contributed by atoms with van der Waals surface area (Å²) < 4.78 is 0.917. The summed E-state index contributed by atoms with van der Waals surface area (Å²) in [5, 5.41) is 13.1. The normalized spacial score (nSPS) is 10.2. The minimum absolute atomic E-state index is 0.0285. The quantitative estimate of drug-likeness (QED) is 0.794. The van der Waals surface area contributed by atoms with Gasteiger partial charge in [-0.05, 0) is 40.8 Å². The molecular formula is C10H6ClIN2O2S. The van der Waals surface area contributed by atoms with Gasteiger partial charge in [-0.3, -0.25) is 0 Å². The Morgan fingerprint density at radius 1 is 1.53 bits per heavy atom. The number of nitrogens with one attached hydrogen (secondary N) is 1. The molecule has 2 rings (SSSR count). The molecule has 0 aliphatic heterocycles. The summed E-state index contributed by atoms with van der Waals surface area (Å²) >= 11 is 9.22. The highest BCUT2D eigenvalue weighted by Crippen LogP contribution is 2.29. The van der Waals surface area contributed by atoms with Gasteiger partial charge in [0.15, 0.2) is 5.69 Å². The van der Waals surface area contributed by atoms with E-state index in [2.05, 4.69) is 32.9 Å². The molecule has 0 spiro atoms. The summed E-state index contributed by atoms with van der Waals surface area (Å²) in [6.07, 6.45) is 0. The van der Waals surface area contributed by atoms with E-state index in [9.17, 15) is 4.79 Å². The van der Waals surface area contributed by atoms with Crippen molar-refractivity contribution in [2.75, 3.05) is 5.32 Å². The Bertz CT molecular complexity index is 573. The Morgan fingerprint density at radius 3 is 2.94 bits per heavy atom. The maximum atomic E-state index is 10.9. The lowest BCUT2D eigenvalue weighted by atomic mass is 10.3. The van der Waals surface area contributed by atoms with Crippen LogP contribution >= 0.6 is 45.5 Å². The number of aromatic nitrogens is 1. The summed E-state index contributed by atoms with van der Waals surface area (Å²) in [4.78, 5) is 14.7. The number of nitrogens with zero attached hydrogens (tertiary/aromatic N) is 1. The van der Waals surface area contributed by atoms with E-state index in [4.69, 9.17) is 16.7 Å². The fourth-order valence-electron chi connectivity index (χ4n) is 1.20. The predicted molar refractivity (Wildman–Crippen MR) is 76.5 cm³/mol. The molecule has 0 bridgehead atoms. The Kier molecular flexibility index (Phi) is 3.85. The molecule has 0 amide bonds. The third-order valence-corrected chi connectivity index (χ3v) is 3.82. The average Bonchev–Trinajstić information content (AvgIpc) is 2.70. The van der Waals surface area contributed by atoms with Crippen molar-refractivity contribution < 1.29 is 9.90 Å². The van der Waals surface area contributed by atoms with E-state index in [-0.39, 0.29) is 5.69 Å². The van der Waals surface area contributed by atoms with Gasteiger partial charge in [-0.15, -0.1) is 11.3 Å². The Hall–Kier alpha value is -0.860. The number of carbonyl (C=O) groups is 1. The maximum Gasteiger partial charge on any atom is 0.357 e. The molecule has 1 heterocycles. The highest BCUT2D eigenvalue weighted by molar-refractivity contribution is 14.1. The minimum atomic E-state index is -1.04. The lowest BCUT2D eigenvalue weighted by molar-refractivity contribution is 0.0692. The van der Waals surface area contributed by atoms with Crippen LogP contribution in [0.25, 0.3) is 0 Å². The van der Waals surface area contributed by atoms with Gasteiger partial charge in [-0.2, -0.15) is 0 Å². The first-order chi connectivity index (χ1) is 8.08. The van der Waals surface area contributed by atoms with E-state index in [1.165, 1.54) is 16.8 Å². The Morgan fingerprint density at radius 2 is 2.29 bits per heavy atom. The van der Waals surface area contributed by atoms with Gasteiger partial charge < -0.3 is 10.4 Å². The Labute approximate surface area is 120 Å². The third-order valence-electron chi connectivity index (χ3n) is 1.95. The van der Waals surface area contributed by atoms with E-state index >= 15 is 0 Å². The SMILES string of the molecule is O=C(O)c1ncsc1Nc1ccc(Cl)cc1I. The van der Waals surface area contributed by atoms with Crippen LogP contribution < -0.4 is 5.32 Å². The number of carboxylic acids is 1. The molecule has 0 unspecified atom stereocenters. The monoisotopic (exact) mass is 380 g/mol. The van der Waals surface area contributed by atoms with E-state index in [1.807, 2.05) is 0 Å². The lowest BCUT2D eigenvalue weighted by Gasteiger charge is -2.07. The van der Waals surface area contributed by atoms with Crippen LogP contribution in [0.15, 0.2) is 23.7 Å². The van der Waals surface area contributed by atoms with E-state index in [0.717, 1.165) is 9.26 Å². The number of hydrogen-bond acceptors (Lipinski definition) is 4. The highest BCUT2D eigenvalue weighted by atomic mass is 127. The van der Waals surface area contributed by atoms with Crippen molar-refractivity contribution in [2.45, 2.75) is 0 Å². The van der Waals surface area contributed by atoms with Gasteiger partial charge in [-0.1, -0.05) is 11.6 Å². The zero-order chi connectivity index (χ0) is 12.4. The fourth-order valence-corrected chi connectivity index (χ4v) is 2.89. The first-order valence-corrected chi connectivity index (χ1v) is 6.80. The number of rotatable bonds is 3. The molecule has 1 aromatic carbocycles. The molecule has 4 nitrogen and oxygen atoms in total. The van der Waals surface area contributed by atoms with E-state index in [1.54, 1.807) is 18.2 Å². The second-order valence-corrected chi connectivity index (χ2v) is 5.54. The van der Waals surface area contributed by atoms with Crippen LogP contribution in [0.2, 0.25) is 5.02 Å². The van der Waals surface area contributed by atoms with Crippen LogP contribution in [0.5, 0.6) is 0 Å². The van der Waals surface area contributed by atoms with Crippen molar-refractivity contribution in [2.24, 2.45) is 0 Å². The fraction of sp³-hybridized carbons (Fsp3) is 0. The summed E-state index contributed by atoms with van der Waals surface area (Å²) in [5.41, 5.74) is 2.33. The number of halogens is 2. The molecule has 7 heteroatoms. The summed E-state index contributed by atoms with van der Waals surface area (Å²) in [7, 11) is 0. The molecule has 0 radical (unpaired) electrons.